The summed E-state index contributed by atoms with van der Waals surface area (Å²) in [5, 5.41) is 5.51. The molecule has 1 aliphatic carbocycles. The van der Waals surface area contributed by atoms with E-state index in [1.165, 1.54) is 11.1 Å². The molecule has 0 aliphatic heterocycles. The zero-order chi connectivity index (χ0) is 14.5. The van der Waals surface area contributed by atoms with Gasteiger partial charge in [0.2, 0.25) is 11.8 Å². The van der Waals surface area contributed by atoms with Gasteiger partial charge in [0, 0.05) is 25.9 Å². The van der Waals surface area contributed by atoms with Gasteiger partial charge in [-0.05, 0) is 24.0 Å². The van der Waals surface area contributed by atoms with E-state index in [1.807, 2.05) is 12.1 Å². The van der Waals surface area contributed by atoms with E-state index in [2.05, 4.69) is 22.8 Å². The maximum atomic E-state index is 12.0. The van der Waals surface area contributed by atoms with E-state index in [-0.39, 0.29) is 30.7 Å². The molecule has 5 heteroatoms. The number of fused-ring (bicyclic) bond motifs is 1. The number of carbonyl (C=O) groups is 2. The Balaban J connectivity index is 1.85. The van der Waals surface area contributed by atoms with Crippen molar-refractivity contribution in [1.82, 2.24) is 10.6 Å². The molecule has 0 bridgehead atoms. The highest BCUT2D eigenvalue weighted by Gasteiger charge is 2.24. The molecule has 4 N–H and O–H groups in total. The molecule has 0 saturated carbocycles. The number of rotatable bonds is 5. The number of nitrogens with one attached hydrogen (secondary N) is 2. The Morgan fingerprint density at radius 2 is 2.00 bits per heavy atom. The monoisotopic (exact) mass is 275 g/mol. The van der Waals surface area contributed by atoms with Crippen LogP contribution < -0.4 is 16.4 Å². The molecule has 20 heavy (non-hydrogen) atoms. The fraction of sp³-hybridized carbons (Fsp3) is 0.467. The first-order chi connectivity index (χ1) is 9.60. The van der Waals surface area contributed by atoms with Gasteiger partial charge < -0.3 is 16.4 Å². The summed E-state index contributed by atoms with van der Waals surface area (Å²) in [4.78, 5) is 23.2. The molecule has 0 radical (unpaired) electrons. The van der Waals surface area contributed by atoms with E-state index in [0.717, 1.165) is 12.8 Å². The fourth-order valence-electron chi connectivity index (χ4n) is 2.61. The molecule has 0 saturated heterocycles. The number of hydrogen-bond donors (Lipinski definition) is 3. The van der Waals surface area contributed by atoms with Gasteiger partial charge in [0.1, 0.15) is 0 Å². The normalized spacial score (nSPS) is 18.2. The van der Waals surface area contributed by atoms with Crippen molar-refractivity contribution in [3.8, 4) is 0 Å². The quantitative estimate of drug-likeness (QED) is 0.737. The molecule has 2 rings (SSSR count). The van der Waals surface area contributed by atoms with Crippen molar-refractivity contribution in [1.29, 1.82) is 0 Å². The van der Waals surface area contributed by atoms with Crippen LogP contribution in [0.4, 0.5) is 0 Å². The van der Waals surface area contributed by atoms with Gasteiger partial charge in [-0.1, -0.05) is 24.3 Å². The molecule has 1 aromatic rings. The summed E-state index contributed by atoms with van der Waals surface area (Å²) < 4.78 is 0. The molecule has 1 aliphatic rings. The van der Waals surface area contributed by atoms with Crippen LogP contribution in [0.25, 0.3) is 0 Å². The lowest BCUT2D eigenvalue weighted by atomic mass is 10.1. The van der Waals surface area contributed by atoms with Gasteiger partial charge in [0.05, 0.1) is 6.04 Å². The molecule has 2 unspecified atom stereocenters. The molecule has 5 nitrogen and oxygen atoms in total. The third-order valence-electron chi connectivity index (χ3n) is 3.64. The van der Waals surface area contributed by atoms with Crippen LogP contribution in [0.1, 0.15) is 36.4 Å². The Labute approximate surface area is 118 Å². The highest BCUT2D eigenvalue weighted by molar-refractivity contribution is 5.80. The number of amides is 2. The van der Waals surface area contributed by atoms with Crippen molar-refractivity contribution in [3.63, 3.8) is 0 Å². The summed E-state index contributed by atoms with van der Waals surface area (Å²) in [5.41, 5.74) is 8.29. The van der Waals surface area contributed by atoms with Gasteiger partial charge in [-0.2, -0.15) is 0 Å². The molecular weight excluding hydrogens is 254 g/mol. The smallest absolute Gasteiger partial charge is 0.222 e. The summed E-state index contributed by atoms with van der Waals surface area (Å²) in [7, 11) is 1.56. The van der Waals surface area contributed by atoms with Crippen LogP contribution in [0.3, 0.4) is 0 Å². The van der Waals surface area contributed by atoms with Crippen molar-refractivity contribution >= 4 is 11.8 Å². The van der Waals surface area contributed by atoms with Crippen LogP contribution in [-0.4, -0.2) is 24.9 Å². The Morgan fingerprint density at radius 1 is 1.30 bits per heavy atom. The number of aryl methyl sites for hydroxylation is 1. The second-order valence-corrected chi connectivity index (χ2v) is 5.20. The van der Waals surface area contributed by atoms with Crippen molar-refractivity contribution in [2.45, 2.75) is 37.8 Å². The minimum absolute atomic E-state index is 0.0749. The summed E-state index contributed by atoms with van der Waals surface area (Å²) >= 11 is 0. The minimum atomic E-state index is -0.438. The third-order valence-corrected chi connectivity index (χ3v) is 3.64. The van der Waals surface area contributed by atoms with E-state index < -0.39 is 6.04 Å². The van der Waals surface area contributed by atoms with Gasteiger partial charge in [-0.15, -0.1) is 0 Å². The Bertz CT molecular complexity index is 502. The maximum Gasteiger partial charge on any atom is 0.222 e. The van der Waals surface area contributed by atoms with Crippen LogP contribution in [0.5, 0.6) is 0 Å². The topological polar surface area (TPSA) is 84.2 Å². The molecule has 0 fully saturated rings. The van der Waals surface area contributed by atoms with Gasteiger partial charge >= 0.3 is 0 Å². The average molecular weight is 275 g/mol. The van der Waals surface area contributed by atoms with Gasteiger partial charge in [-0.25, -0.2) is 0 Å². The van der Waals surface area contributed by atoms with Crippen LogP contribution in [0.2, 0.25) is 0 Å². The van der Waals surface area contributed by atoms with Crippen LogP contribution in [-0.2, 0) is 16.0 Å². The first-order valence-corrected chi connectivity index (χ1v) is 6.93. The number of hydrogen-bond acceptors (Lipinski definition) is 3. The Kier molecular flexibility index (Phi) is 4.74. The Hall–Kier alpha value is -1.88. The Morgan fingerprint density at radius 3 is 2.75 bits per heavy atom. The molecule has 0 spiro atoms. The molecular formula is C15H21N3O2. The van der Waals surface area contributed by atoms with Crippen molar-refractivity contribution in [2.75, 3.05) is 7.05 Å². The molecule has 108 valence electrons. The first-order valence-electron chi connectivity index (χ1n) is 6.93. The summed E-state index contributed by atoms with van der Waals surface area (Å²) in [6.45, 7) is 0. The van der Waals surface area contributed by atoms with E-state index >= 15 is 0 Å². The van der Waals surface area contributed by atoms with Gasteiger partial charge in [-0.3, -0.25) is 9.59 Å². The lowest BCUT2D eigenvalue weighted by molar-refractivity contribution is -0.123. The SMILES string of the molecule is CNC(=O)CC(N)CC(=O)NC1CCc2ccccc21. The van der Waals surface area contributed by atoms with Crippen LogP contribution in [0, 0.1) is 0 Å². The predicted octanol–water partition coefficient (Wildman–Crippen LogP) is 0.644. The number of benzene rings is 1. The highest BCUT2D eigenvalue weighted by Crippen LogP contribution is 2.30. The van der Waals surface area contributed by atoms with Crippen molar-refractivity contribution < 1.29 is 9.59 Å². The lowest BCUT2D eigenvalue weighted by Gasteiger charge is -2.16. The zero-order valence-corrected chi connectivity index (χ0v) is 11.7. The maximum absolute atomic E-state index is 12.0. The largest absolute Gasteiger partial charge is 0.359 e. The van der Waals surface area contributed by atoms with Crippen molar-refractivity contribution in [2.24, 2.45) is 5.73 Å². The van der Waals surface area contributed by atoms with E-state index in [9.17, 15) is 9.59 Å². The predicted molar refractivity (Wildman–Crippen MR) is 76.9 cm³/mol. The molecule has 2 amide bonds. The minimum Gasteiger partial charge on any atom is -0.359 e. The second-order valence-electron chi connectivity index (χ2n) is 5.20. The summed E-state index contributed by atoms with van der Waals surface area (Å²) in [6, 6.07) is 7.79. The third kappa shape index (κ3) is 3.57. The van der Waals surface area contributed by atoms with E-state index in [0.29, 0.717) is 0 Å². The molecule has 0 aromatic heterocycles. The highest BCUT2D eigenvalue weighted by atomic mass is 16.2. The average Bonchev–Trinajstić information content (AvgIpc) is 2.81. The molecule has 0 heterocycles. The second kappa shape index (κ2) is 6.52. The van der Waals surface area contributed by atoms with Gasteiger partial charge in [0.15, 0.2) is 0 Å². The standard InChI is InChI=1S/C15H21N3O2/c1-17-14(19)8-11(16)9-15(20)18-13-7-6-10-4-2-3-5-12(10)13/h2-5,11,13H,6-9,16H2,1H3,(H,17,19)(H,18,20). The fourth-order valence-corrected chi connectivity index (χ4v) is 2.61. The van der Waals surface area contributed by atoms with E-state index in [4.69, 9.17) is 5.73 Å². The summed E-state index contributed by atoms with van der Waals surface area (Å²) in [6.07, 6.45) is 2.26. The zero-order valence-electron chi connectivity index (χ0n) is 11.7. The van der Waals surface area contributed by atoms with Crippen LogP contribution in [0.15, 0.2) is 24.3 Å². The lowest BCUT2D eigenvalue weighted by Crippen LogP contribution is -2.36. The summed E-state index contributed by atoms with van der Waals surface area (Å²) in [5.74, 6) is -0.236. The van der Waals surface area contributed by atoms with E-state index in [1.54, 1.807) is 7.05 Å². The van der Waals surface area contributed by atoms with Gasteiger partial charge in [0.25, 0.3) is 0 Å². The van der Waals surface area contributed by atoms with Crippen LogP contribution >= 0.6 is 0 Å². The molecule has 1 aromatic carbocycles. The first kappa shape index (κ1) is 14.5. The number of nitrogens with two attached hydrogens (primary N) is 1. The molecule has 2 atom stereocenters. The number of carbonyl (C=O) groups excluding carboxylic acids is 2. The van der Waals surface area contributed by atoms with Crippen molar-refractivity contribution in [3.05, 3.63) is 35.4 Å².